The molecule has 0 rings (SSSR count). The highest BCUT2D eigenvalue weighted by Gasteiger charge is 2.04. The number of carbonyl (C=O) groups excluding carboxylic acids is 1. The normalized spacial score (nSPS) is 12.6. The van der Waals surface area contributed by atoms with Crippen molar-refractivity contribution in [3.8, 4) is 0 Å². The molecule has 0 spiro atoms. The molecule has 0 aliphatic heterocycles. The van der Waals surface area contributed by atoms with E-state index in [0.717, 1.165) is 13.2 Å². The van der Waals surface area contributed by atoms with Crippen LogP contribution >= 0.6 is 0 Å². The molecule has 0 heterocycles. The number of carbonyl (C=O) groups is 1. The Labute approximate surface area is 86.6 Å². The Kier molecular flexibility index (Phi) is 7.42. The van der Waals surface area contributed by atoms with Crippen molar-refractivity contribution >= 4 is 5.91 Å². The summed E-state index contributed by atoms with van der Waals surface area (Å²) in [5.41, 5.74) is 0. The van der Waals surface area contributed by atoms with Gasteiger partial charge < -0.3 is 15.0 Å². The first-order valence-corrected chi connectivity index (χ1v) is 5.10. The molecule has 0 aromatic heterocycles. The van der Waals surface area contributed by atoms with Gasteiger partial charge in [0, 0.05) is 40.2 Å². The second-order valence-electron chi connectivity index (χ2n) is 3.51. The minimum Gasteiger partial charge on any atom is -0.377 e. The van der Waals surface area contributed by atoms with Crippen LogP contribution in [0.1, 0.15) is 20.3 Å². The molecule has 0 aromatic carbocycles. The van der Waals surface area contributed by atoms with Gasteiger partial charge in [-0.2, -0.15) is 0 Å². The van der Waals surface area contributed by atoms with Gasteiger partial charge in [0.15, 0.2) is 0 Å². The van der Waals surface area contributed by atoms with Crippen molar-refractivity contribution in [2.24, 2.45) is 0 Å². The third kappa shape index (κ3) is 6.86. The Morgan fingerprint density at radius 1 is 1.50 bits per heavy atom. The standard InChI is InChI=1S/C10H22N2O2/c1-5-14-9(2)8-11-7-6-10(13)12(3)4/h9,11H,5-8H2,1-4H3. The number of nitrogens with one attached hydrogen (secondary N) is 1. The quantitative estimate of drug-likeness (QED) is 0.611. The first-order valence-electron chi connectivity index (χ1n) is 5.10. The lowest BCUT2D eigenvalue weighted by atomic mass is 10.3. The SMILES string of the molecule is CCOC(C)CNCCC(=O)N(C)C. The minimum atomic E-state index is 0.154. The van der Waals surface area contributed by atoms with Crippen molar-refractivity contribution in [1.82, 2.24) is 10.2 Å². The molecular formula is C10H22N2O2. The highest BCUT2D eigenvalue weighted by molar-refractivity contribution is 5.75. The minimum absolute atomic E-state index is 0.154. The number of hydrogen-bond donors (Lipinski definition) is 1. The van der Waals surface area contributed by atoms with E-state index in [0.29, 0.717) is 13.0 Å². The number of ether oxygens (including phenoxy) is 1. The first-order chi connectivity index (χ1) is 6.57. The Morgan fingerprint density at radius 2 is 2.14 bits per heavy atom. The summed E-state index contributed by atoms with van der Waals surface area (Å²) in [5, 5.41) is 3.18. The molecule has 0 radical (unpaired) electrons. The van der Waals surface area contributed by atoms with E-state index in [1.165, 1.54) is 0 Å². The van der Waals surface area contributed by atoms with E-state index in [-0.39, 0.29) is 12.0 Å². The Balaban J connectivity index is 3.33. The van der Waals surface area contributed by atoms with E-state index >= 15 is 0 Å². The van der Waals surface area contributed by atoms with Crippen LogP contribution in [-0.4, -0.2) is 50.7 Å². The van der Waals surface area contributed by atoms with Gasteiger partial charge in [-0.15, -0.1) is 0 Å². The lowest BCUT2D eigenvalue weighted by Crippen LogP contribution is -2.31. The van der Waals surface area contributed by atoms with Gasteiger partial charge in [-0.05, 0) is 13.8 Å². The van der Waals surface area contributed by atoms with Crippen molar-refractivity contribution in [2.75, 3.05) is 33.8 Å². The van der Waals surface area contributed by atoms with Crippen LogP contribution in [-0.2, 0) is 9.53 Å². The van der Waals surface area contributed by atoms with Gasteiger partial charge in [-0.1, -0.05) is 0 Å². The first kappa shape index (κ1) is 13.4. The summed E-state index contributed by atoms with van der Waals surface area (Å²) < 4.78 is 5.34. The molecule has 14 heavy (non-hydrogen) atoms. The summed E-state index contributed by atoms with van der Waals surface area (Å²) in [7, 11) is 3.54. The third-order valence-corrected chi connectivity index (χ3v) is 1.90. The molecule has 1 atom stereocenters. The molecule has 1 N–H and O–H groups in total. The number of nitrogens with zero attached hydrogens (tertiary/aromatic N) is 1. The number of hydrogen-bond acceptors (Lipinski definition) is 3. The van der Waals surface area contributed by atoms with Gasteiger partial charge in [0.05, 0.1) is 6.10 Å². The highest BCUT2D eigenvalue weighted by Crippen LogP contribution is 1.89. The van der Waals surface area contributed by atoms with Crippen LogP contribution in [0.15, 0.2) is 0 Å². The van der Waals surface area contributed by atoms with E-state index in [9.17, 15) is 4.79 Å². The zero-order valence-corrected chi connectivity index (χ0v) is 9.67. The Hall–Kier alpha value is -0.610. The molecule has 0 aliphatic rings. The summed E-state index contributed by atoms with van der Waals surface area (Å²) in [6, 6.07) is 0. The van der Waals surface area contributed by atoms with Crippen LogP contribution < -0.4 is 5.32 Å². The van der Waals surface area contributed by atoms with Gasteiger partial charge in [0.1, 0.15) is 0 Å². The third-order valence-electron chi connectivity index (χ3n) is 1.90. The summed E-state index contributed by atoms with van der Waals surface area (Å²) >= 11 is 0. The molecule has 0 aliphatic carbocycles. The molecule has 0 bridgehead atoms. The maximum absolute atomic E-state index is 11.2. The fraction of sp³-hybridized carbons (Fsp3) is 0.900. The summed E-state index contributed by atoms with van der Waals surface area (Å²) in [6.07, 6.45) is 0.765. The largest absolute Gasteiger partial charge is 0.377 e. The molecule has 0 saturated carbocycles. The lowest BCUT2D eigenvalue weighted by Gasteiger charge is -2.13. The maximum Gasteiger partial charge on any atom is 0.223 e. The molecule has 4 nitrogen and oxygen atoms in total. The van der Waals surface area contributed by atoms with E-state index in [1.54, 1.807) is 19.0 Å². The van der Waals surface area contributed by atoms with Crippen molar-refractivity contribution in [2.45, 2.75) is 26.4 Å². The van der Waals surface area contributed by atoms with Crippen LogP contribution in [0.2, 0.25) is 0 Å². The van der Waals surface area contributed by atoms with Gasteiger partial charge in [-0.25, -0.2) is 0 Å². The van der Waals surface area contributed by atoms with Crippen molar-refractivity contribution < 1.29 is 9.53 Å². The maximum atomic E-state index is 11.2. The zero-order chi connectivity index (χ0) is 11.0. The van der Waals surface area contributed by atoms with Gasteiger partial charge in [0.25, 0.3) is 0 Å². The fourth-order valence-electron chi connectivity index (χ4n) is 1.07. The monoisotopic (exact) mass is 202 g/mol. The molecule has 84 valence electrons. The van der Waals surface area contributed by atoms with Crippen molar-refractivity contribution in [1.29, 1.82) is 0 Å². The van der Waals surface area contributed by atoms with Crippen LogP contribution in [0, 0.1) is 0 Å². The average Bonchev–Trinajstić information content (AvgIpc) is 2.12. The summed E-state index contributed by atoms with van der Waals surface area (Å²) in [4.78, 5) is 12.8. The molecule has 4 heteroatoms. The van der Waals surface area contributed by atoms with E-state index in [1.807, 2.05) is 13.8 Å². The van der Waals surface area contributed by atoms with E-state index in [4.69, 9.17) is 4.74 Å². The van der Waals surface area contributed by atoms with Crippen LogP contribution in [0.3, 0.4) is 0 Å². The van der Waals surface area contributed by atoms with Gasteiger partial charge in [0.2, 0.25) is 5.91 Å². The summed E-state index contributed by atoms with van der Waals surface area (Å²) in [6.45, 7) is 6.25. The van der Waals surface area contributed by atoms with Crippen LogP contribution in [0.25, 0.3) is 0 Å². The smallest absolute Gasteiger partial charge is 0.223 e. The predicted octanol–water partition coefficient (Wildman–Crippen LogP) is 0.479. The molecule has 0 saturated heterocycles. The van der Waals surface area contributed by atoms with E-state index in [2.05, 4.69) is 5.32 Å². The van der Waals surface area contributed by atoms with Crippen molar-refractivity contribution in [3.63, 3.8) is 0 Å². The topological polar surface area (TPSA) is 41.6 Å². The molecule has 1 unspecified atom stereocenters. The number of rotatable bonds is 7. The second kappa shape index (κ2) is 7.76. The Morgan fingerprint density at radius 3 is 2.64 bits per heavy atom. The van der Waals surface area contributed by atoms with Crippen LogP contribution in [0.5, 0.6) is 0 Å². The molecule has 1 amide bonds. The zero-order valence-electron chi connectivity index (χ0n) is 9.67. The number of amides is 1. The average molecular weight is 202 g/mol. The van der Waals surface area contributed by atoms with Gasteiger partial charge >= 0.3 is 0 Å². The molecule has 0 fully saturated rings. The fourth-order valence-corrected chi connectivity index (χ4v) is 1.07. The molecule has 0 aromatic rings. The highest BCUT2D eigenvalue weighted by atomic mass is 16.5. The van der Waals surface area contributed by atoms with Crippen molar-refractivity contribution in [3.05, 3.63) is 0 Å². The van der Waals surface area contributed by atoms with Gasteiger partial charge in [-0.3, -0.25) is 4.79 Å². The second-order valence-corrected chi connectivity index (χ2v) is 3.51. The van der Waals surface area contributed by atoms with Crippen LogP contribution in [0.4, 0.5) is 0 Å². The Bertz CT molecular complexity index is 160. The van der Waals surface area contributed by atoms with E-state index < -0.39 is 0 Å². The molecular weight excluding hydrogens is 180 g/mol. The summed E-state index contributed by atoms with van der Waals surface area (Å²) in [5.74, 6) is 0.154. The predicted molar refractivity (Wildman–Crippen MR) is 57.3 cm³/mol. The lowest BCUT2D eigenvalue weighted by molar-refractivity contribution is -0.128.